The lowest BCUT2D eigenvalue weighted by molar-refractivity contribution is 0.606. The van der Waals surface area contributed by atoms with Gasteiger partial charge >= 0.3 is 0 Å². The SMILES string of the molecule is CCc1ccc(NS(C)(=O)=O)c(C(C)C)c1. The third-order valence-electron chi connectivity index (χ3n) is 2.44. The Hall–Kier alpha value is -1.03. The van der Waals surface area contributed by atoms with Crippen molar-refractivity contribution in [2.24, 2.45) is 0 Å². The third kappa shape index (κ3) is 3.52. The maximum atomic E-state index is 11.2. The zero-order valence-corrected chi connectivity index (χ0v) is 11.1. The molecular weight excluding hydrogens is 222 g/mol. The maximum absolute atomic E-state index is 11.2. The third-order valence-corrected chi connectivity index (χ3v) is 3.03. The molecule has 0 saturated heterocycles. The van der Waals surface area contributed by atoms with Crippen molar-refractivity contribution in [3.05, 3.63) is 29.3 Å². The Kier molecular flexibility index (Phi) is 3.97. The fourth-order valence-electron chi connectivity index (χ4n) is 1.60. The number of aryl methyl sites for hydroxylation is 1. The van der Waals surface area contributed by atoms with E-state index in [9.17, 15) is 8.42 Å². The quantitative estimate of drug-likeness (QED) is 0.881. The Bertz CT molecular complexity index is 464. The summed E-state index contributed by atoms with van der Waals surface area (Å²) in [5.74, 6) is 0.302. The summed E-state index contributed by atoms with van der Waals surface area (Å²) in [6.07, 6.45) is 2.13. The van der Waals surface area contributed by atoms with Gasteiger partial charge in [-0.3, -0.25) is 4.72 Å². The van der Waals surface area contributed by atoms with Crippen LogP contribution in [0, 0.1) is 0 Å². The van der Waals surface area contributed by atoms with Crippen LogP contribution in [-0.4, -0.2) is 14.7 Å². The van der Waals surface area contributed by atoms with Crippen LogP contribution in [0.5, 0.6) is 0 Å². The van der Waals surface area contributed by atoms with Crippen LogP contribution in [0.2, 0.25) is 0 Å². The molecule has 0 atom stereocenters. The summed E-state index contributed by atoms with van der Waals surface area (Å²) < 4.78 is 25.0. The highest BCUT2D eigenvalue weighted by Crippen LogP contribution is 2.26. The van der Waals surface area contributed by atoms with E-state index in [0.717, 1.165) is 12.0 Å². The first kappa shape index (κ1) is 13.0. The zero-order chi connectivity index (χ0) is 12.3. The molecule has 0 aliphatic heterocycles. The molecule has 0 saturated carbocycles. The van der Waals surface area contributed by atoms with Gasteiger partial charge in [0.05, 0.1) is 11.9 Å². The van der Waals surface area contributed by atoms with Gasteiger partial charge in [0.15, 0.2) is 0 Å². The Balaban J connectivity index is 3.18. The Morgan fingerprint density at radius 1 is 1.31 bits per heavy atom. The molecule has 0 heterocycles. The first-order valence-corrected chi connectivity index (χ1v) is 7.33. The summed E-state index contributed by atoms with van der Waals surface area (Å²) >= 11 is 0. The molecule has 1 rings (SSSR count). The molecule has 1 aromatic rings. The summed E-state index contributed by atoms with van der Waals surface area (Å²) in [6.45, 7) is 6.20. The molecule has 0 spiro atoms. The first-order chi connectivity index (χ1) is 7.33. The number of anilines is 1. The van der Waals surface area contributed by atoms with Crippen LogP contribution in [0.3, 0.4) is 0 Å². The molecule has 1 N–H and O–H groups in total. The van der Waals surface area contributed by atoms with Gasteiger partial charge in [-0.1, -0.05) is 32.9 Å². The van der Waals surface area contributed by atoms with Crippen LogP contribution in [0.25, 0.3) is 0 Å². The van der Waals surface area contributed by atoms with Crippen molar-refractivity contribution >= 4 is 15.7 Å². The lowest BCUT2D eigenvalue weighted by atomic mass is 9.98. The van der Waals surface area contributed by atoms with E-state index in [4.69, 9.17) is 0 Å². The molecule has 0 aliphatic rings. The van der Waals surface area contributed by atoms with E-state index in [1.807, 2.05) is 12.1 Å². The van der Waals surface area contributed by atoms with E-state index in [0.29, 0.717) is 11.6 Å². The molecule has 90 valence electrons. The monoisotopic (exact) mass is 241 g/mol. The number of hydrogen-bond acceptors (Lipinski definition) is 2. The van der Waals surface area contributed by atoms with Crippen LogP contribution < -0.4 is 4.72 Å². The maximum Gasteiger partial charge on any atom is 0.229 e. The van der Waals surface area contributed by atoms with E-state index < -0.39 is 10.0 Å². The molecule has 0 aliphatic carbocycles. The highest BCUT2D eigenvalue weighted by molar-refractivity contribution is 7.92. The number of benzene rings is 1. The number of sulfonamides is 1. The second-order valence-electron chi connectivity index (χ2n) is 4.30. The topological polar surface area (TPSA) is 46.2 Å². The van der Waals surface area contributed by atoms with E-state index in [2.05, 4.69) is 31.6 Å². The average Bonchev–Trinajstić information content (AvgIpc) is 2.15. The summed E-state index contributed by atoms with van der Waals surface area (Å²) in [5.41, 5.74) is 2.96. The van der Waals surface area contributed by atoms with Crippen LogP contribution in [0.4, 0.5) is 5.69 Å². The molecular formula is C12H19NO2S. The summed E-state index contributed by atoms with van der Waals surface area (Å²) in [5, 5.41) is 0. The van der Waals surface area contributed by atoms with E-state index in [-0.39, 0.29) is 0 Å². The van der Waals surface area contributed by atoms with Gasteiger partial charge in [0.1, 0.15) is 0 Å². The minimum absolute atomic E-state index is 0.302. The normalized spacial score (nSPS) is 11.8. The fraction of sp³-hybridized carbons (Fsp3) is 0.500. The first-order valence-electron chi connectivity index (χ1n) is 5.44. The van der Waals surface area contributed by atoms with Crippen LogP contribution in [-0.2, 0) is 16.4 Å². The lowest BCUT2D eigenvalue weighted by Crippen LogP contribution is -2.12. The molecule has 0 amide bonds. The highest BCUT2D eigenvalue weighted by Gasteiger charge is 2.10. The largest absolute Gasteiger partial charge is 0.283 e. The minimum Gasteiger partial charge on any atom is -0.283 e. The van der Waals surface area contributed by atoms with Gasteiger partial charge < -0.3 is 0 Å². The van der Waals surface area contributed by atoms with Crippen molar-refractivity contribution in [3.8, 4) is 0 Å². The molecule has 0 unspecified atom stereocenters. The summed E-state index contributed by atoms with van der Waals surface area (Å²) in [4.78, 5) is 0. The van der Waals surface area contributed by atoms with Gasteiger partial charge in [-0.15, -0.1) is 0 Å². The minimum atomic E-state index is -3.20. The lowest BCUT2D eigenvalue weighted by Gasteiger charge is -2.14. The van der Waals surface area contributed by atoms with Gasteiger partial charge in [0.2, 0.25) is 10.0 Å². The zero-order valence-electron chi connectivity index (χ0n) is 10.2. The number of nitrogens with one attached hydrogen (secondary N) is 1. The van der Waals surface area contributed by atoms with Crippen molar-refractivity contribution in [2.75, 3.05) is 11.0 Å². The average molecular weight is 241 g/mol. The molecule has 0 aromatic heterocycles. The van der Waals surface area contributed by atoms with Crippen LogP contribution in [0.15, 0.2) is 18.2 Å². The molecule has 0 fully saturated rings. The standard InChI is InChI=1S/C12H19NO2S/c1-5-10-6-7-12(13-16(4,14)15)11(8-10)9(2)3/h6-9,13H,5H2,1-4H3. The van der Waals surface area contributed by atoms with Gasteiger partial charge in [-0.05, 0) is 29.5 Å². The fourth-order valence-corrected chi connectivity index (χ4v) is 2.19. The van der Waals surface area contributed by atoms with Crippen molar-refractivity contribution < 1.29 is 8.42 Å². The molecule has 0 radical (unpaired) electrons. The second kappa shape index (κ2) is 4.87. The number of rotatable bonds is 4. The predicted octanol–water partition coefficient (Wildman–Crippen LogP) is 2.74. The molecule has 1 aromatic carbocycles. The summed E-state index contributed by atoms with van der Waals surface area (Å²) in [7, 11) is -3.20. The highest BCUT2D eigenvalue weighted by atomic mass is 32.2. The summed E-state index contributed by atoms with van der Waals surface area (Å²) in [6, 6.07) is 5.87. The van der Waals surface area contributed by atoms with Crippen molar-refractivity contribution in [3.63, 3.8) is 0 Å². The van der Waals surface area contributed by atoms with Gasteiger partial charge in [0, 0.05) is 0 Å². The molecule has 3 nitrogen and oxygen atoms in total. The molecule has 16 heavy (non-hydrogen) atoms. The molecule has 0 bridgehead atoms. The van der Waals surface area contributed by atoms with Crippen molar-refractivity contribution in [2.45, 2.75) is 33.1 Å². The second-order valence-corrected chi connectivity index (χ2v) is 6.05. The van der Waals surface area contributed by atoms with Crippen LogP contribution >= 0.6 is 0 Å². The number of hydrogen-bond donors (Lipinski definition) is 1. The van der Waals surface area contributed by atoms with E-state index >= 15 is 0 Å². The Labute approximate surface area is 97.9 Å². The smallest absolute Gasteiger partial charge is 0.229 e. The van der Waals surface area contributed by atoms with Gasteiger partial charge in [0.25, 0.3) is 0 Å². The van der Waals surface area contributed by atoms with Gasteiger partial charge in [-0.2, -0.15) is 0 Å². The van der Waals surface area contributed by atoms with Gasteiger partial charge in [-0.25, -0.2) is 8.42 Å². The van der Waals surface area contributed by atoms with E-state index in [1.54, 1.807) is 0 Å². The van der Waals surface area contributed by atoms with Crippen molar-refractivity contribution in [1.29, 1.82) is 0 Å². The molecule has 4 heteroatoms. The van der Waals surface area contributed by atoms with Crippen molar-refractivity contribution in [1.82, 2.24) is 0 Å². The Morgan fingerprint density at radius 3 is 2.38 bits per heavy atom. The predicted molar refractivity (Wildman–Crippen MR) is 68.4 cm³/mol. The van der Waals surface area contributed by atoms with E-state index in [1.165, 1.54) is 11.8 Å². The van der Waals surface area contributed by atoms with Crippen LogP contribution in [0.1, 0.15) is 37.8 Å². The Morgan fingerprint density at radius 2 is 1.94 bits per heavy atom.